The lowest BCUT2D eigenvalue weighted by Gasteiger charge is -2.34. The average Bonchev–Trinajstić information content (AvgIpc) is 3.68. The van der Waals surface area contributed by atoms with Gasteiger partial charge in [0.05, 0.1) is 0 Å². The summed E-state index contributed by atoms with van der Waals surface area (Å²) < 4.78 is 0. The van der Waals surface area contributed by atoms with Crippen molar-refractivity contribution in [3.63, 3.8) is 0 Å². The number of hydrogen-bond acceptors (Lipinski definition) is 4. The molecule has 0 atom stereocenters. The molecule has 15 rings (SSSR count). The van der Waals surface area contributed by atoms with Crippen molar-refractivity contribution in [3.8, 4) is 33.4 Å². The number of hydrogen-bond donors (Lipinski definition) is 0. The van der Waals surface area contributed by atoms with E-state index in [0.29, 0.717) is 0 Å². The van der Waals surface area contributed by atoms with Gasteiger partial charge in [-0.15, -0.1) is 0 Å². The molecule has 0 spiro atoms. The minimum Gasteiger partial charge on any atom is -0.310 e. The molecule has 3 aliphatic rings. The fraction of sp³-hybridized carbons (Fsp3) is 0.0649. The molecule has 3 aliphatic heterocycles. The Morgan fingerprint density at radius 1 is 0.247 bits per heavy atom. The maximum atomic E-state index is 2.45. The van der Waals surface area contributed by atoms with Crippen LogP contribution in [-0.4, -0.2) is 0 Å². The van der Waals surface area contributed by atoms with Gasteiger partial charge in [0.2, 0.25) is 0 Å². The largest absolute Gasteiger partial charge is 0.310 e. The van der Waals surface area contributed by atoms with Crippen LogP contribution in [0.3, 0.4) is 0 Å². The van der Waals surface area contributed by atoms with Crippen LogP contribution in [0.25, 0.3) is 33.4 Å². The van der Waals surface area contributed by atoms with Gasteiger partial charge in [-0.3, -0.25) is 0 Å². The number of anilines is 12. The van der Waals surface area contributed by atoms with E-state index in [-0.39, 0.29) is 0 Å². The number of fused-ring (bicyclic) bond motifs is 6. The van der Waals surface area contributed by atoms with Gasteiger partial charge in [-0.25, -0.2) is 0 Å². The van der Waals surface area contributed by atoms with E-state index in [2.05, 4.69) is 312 Å². The zero-order valence-electron chi connectivity index (χ0n) is 45.5. The van der Waals surface area contributed by atoms with Gasteiger partial charge in [-0.05, 0) is 201 Å². The molecule has 81 heavy (non-hydrogen) atoms. The zero-order chi connectivity index (χ0) is 54.0. The van der Waals surface area contributed by atoms with Crippen LogP contribution in [0.5, 0.6) is 0 Å². The van der Waals surface area contributed by atoms with Gasteiger partial charge in [-0.2, -0.15) is 0 Å². The van der Waals surface area contributed by atoms with Gasteiger partial charge in [0.25, 0.3) is 0 Å². The number of rotatable bonds is 9. The molecular formula is C77H58N4. The topological polar surface area (TPSA) is 13.0 Å². The van der Waals surface area contributed by atoms with E-state index in [9.17, 15) is 0 Å². The molecule has 0 aliphatic carbocycles. The van der Waals surface area contributed by atoms with Crippen molar-refractivity contribution >= 4 is 68.2 Å². The minimum absolute atomic E-state index is 0.940. The molecule has 0 saturated heterocycles. The third kappa shape index (κ3) is 8.55. The van der Waals surface area contributed by atoms with Crippen molar-refractivity contribution in [2.75, 3.05) is 19.6 Å². The Morgan fingerprint density at radius 3 is 0.864 bits per heavy atom. The summed E-state index contributed by atoms with van der Waals surface area (Å²) in [7, 11) is 0. The lowest BCUT2D eigenvalue weighted by atomic mass is 9.93. The van der Waals surface area contributed by atoms with E-state index in [1.54, 1.807) is 0 Å². The molecule has 0 N–H and O–H groups in total. The van der Waals surface area contributed by atoms with Gasteiger partial charge >= 0.3 is 0 Å². The molecule has 0 radical (unpaired) electrons. The molecule has 4 heteroatoms. The molecule has 0 saturated carbocycles. The van der Waals surface area contributed by atoms with E-state index in [1.165, 1.54) is 118 Å². The van der Waals surface area contributed by atoms with Gasteiger partial charge in [0, 0.05) is 87.5 Å². The number of para-hydroxylation sites is 6. The van der Waals surface area contributed by atoms with Crippen LogP contribution < -0.4 is 19.6 Å². The number of benzene rings is 12. The van der Waals surface area contributed by atoms with Crippen LogP contribution in [0.15, 0.2) is 279 Å². The Hall–Kier alpha value is -10.2. The summed E-state index contributed by atoms with van der Waals surface area (Å²) in [6.07, 6.45) is 2.82. The first kappa shape index (κ1) is 48.0. The average molecular weight is 1040 g/mol. The molecule has 4 nitrogen and oxygen atoms in total. The van der Waals surface area contributed by atoms with Crippen molar-refractivity contribution < 1.29 is 0 Å². The standard InChI is InChI=1S/C77H58N4/c1-52-47-58(59-36-46-71(53(2)48-59)81-76-25-13-7-19-64(76)51-65-20-8-14-26-77(65)81)35-45-70(52)78(66-37-27-54(28-38-66)56-31-41-68(42-32-56)79-72-21-9-3-15-60(72)49-61-16-4-10-22-73(61)79)67-39-29-55(30-40-67)57-33-43-69(44-34-57)80-74-23-11-5-17-62(74)50-63-18-6-12-24-75(63)80/h3-48H,49-51H2,1-2H3. The highest BCUT2D eigenvalue weighted by atomic mass is 15.2. The molecule has 0 amide bonds. The molecule has 0 aromatic heterocycles. The van der Waals surface area contributed by atoms with E-state index in [1.807, 2.05) is 0 Å². The Bertz CT molecular complexity index is 4030. The van der Waals surface area contributed by atoms with Crippen LogP contribution in [-0.2, 0) is 19.3 Å². The predicted octanol–water partition coefficient (Wildman–Crippen LogP) is 20.9. The maximum absolute atomic E-state index is 2.45. The summed E-state index contributed by atoms with van der Waals surface area (Å²) in [6.45, 7) is 4.50. The Labute approximate surface area is 475 Å². The smallest absolute Gasteiger partial charge is 0.0497 e. The summed E-state index contributed by atoms with van der Waals surface area (Å²) in [4.78, 5) is 9.67. The molecular weight excluding hydrogens is 981 g/mol. The third-order valence-electron chi connectivity index (χ3n) is 16.9. The second kappa shape index (κ2) is 19.9. The molecule has 0 unspecified atom stereocenters. The normalized spacial score (nSPS) is 12.8. The lowest BCUT2D eigenvalue weighted by Crippen LogP contribution is -2.19. The molecule has 3 heterocycles. The lowest BCUT2D eigenvalue weighted by molar-refractivity contribution is 1.08. The predicted molar refractivity (Wildman–Crippen MR) is 339 cm³/mol. The van der Waals surface area contributed by atoms with Crippen LogP contribution in [0.2, 0.25) is 0 Å². The van der Waals surface area contributed by atoms with Crippen molar-refractivity contribution in [1.82, 2.24) is 0 Å². The first-order valence-corrected chi connectivity index (χ1v) is 28.3. The van der Waals surface area contributed by atoms with Gasteiger partial charge in [0.15, 0.2) is 0 Å². The summed E-state index contributed by atoms with van der Waals surface area (Å²) in [6, 6.07) is 103. The quantitative estimate of drug-likeness (QED) is 0.143. The first-order valence-electron chi connectivity index (χ1n) is 28.3. The van der Waals surface area contributed by atoms with E-state index in [0.717, 1.165) is 47.7 Å². The van der Waals surface area contributed by atoms with Crippen molar-refractivity contribution in [2.45, 2.75) is 33.1 Å². The number of aryl methyl sites for hydroxylation is 2. The van der Waals surface area contributed by atoms with Crippen molar-refractivity contribution in [2.24, 2.45) is 0 Å². The first-order chi connectivity index (χ1) is 40.0. The van der Waals surface area contributed by atoms with Crippen molar-refractivity contribution in [1.29, 1.82) is 0 Å². The summed E-state index contributed by atoms with van der Waals surface area (Å²) in [5.74, 6) is 0. The van der Waals surface area contributed by atoms with Gasteiger partial charge in [0.1, 0.15) is 0 Å². The summed E-state index contributed by atoms with van der Waals surface area (Å²) in [5, 5.41) is 0. The highest BCUT2D eigenvalue weighted by molar-refractivity contribution is 5.90. The minimum atomic E-state index is 0.940. The molecule has 12 aromatic carbocycles. The highest BCUT2D eigenvalue weighted by Gasteiger charge is 2.27. The van der Waals surface area contributed by atoms with E-state index in [4.69, 9.17) is 0 Å². The second-order valence-electron chi connectivity index (χ2n) is 21.8. The zero-order valence-corrected chi connectivity index (χ0v) is 45.5. The fourth-order valence-electron chi connectivity index (χ4n) is 12.9. The van der Waals surface area contributed by atoms with E-state index < -0.39 is 0 Å². The van der Waals surface area contributed by atoms with Crippen molar-refractivity contribution in [3.05, 3.63) is 324 Å². The molecule has 0 fully saturated rings. The Morgan fingerprint density at radius 2 is 0.531 bits per heavy atom. The van der Waals surface area contributed by atoms with E-state index >= 15 is 0 Å². The van der Waals surface area contributed by atoms with Crippen LogP contribution in [0.1, 0.15) is 44.5 Å². The SMILES string of the molecule is Cc1cc(-c2ccc(N3c4ccccc4Cc4ccccc43)c(C)c2)ccc1N(c1ccc(-c2ccc(N3c4ccccc4Cc4ccccc43)cc2)cc1)c1ccc(-c2ccc(N3c4ccccc4Cc4ccccc43)cc2)cc1. The summed E-state index contributed by atoms with van der Waals surface area (Å²) in [5.41, 5.74) is 31.9. The van der Waals surface area contributed by atoms with Crippen LogP contribution in [0.4, 0.5) is 68.2 Å². The van der Waals surface area contributed by atoms with Gasteiger partial charge < -0.3 is 19.6 Å². The van der Waals surface area contributed by atoms with Gasteiger partial charge in [-0.1, -0.05) is 170 Å². The Balaban J connectivity index is 0.758. The monoisotopic (exact) mass is 1040 g/mol. The fourth-order valence-corrected chi connectivity index (χ4v) is 12.9. The Kier molecular flexibility index (Phi) is 11.8. The van der Waals surface area contributed by atoms with Crippen LogP contribution in [0, 0.1) is 13.8 Å². The highest BCUT2D eigenvalue weighted by Crippen LogP contribution is 2.49. The van der Waals surface area contributed by atoms with Crippen LogP contribution >= 0.6 is 0 Å². The maximum Gasteiger partial charge on any atom is 0.0497 e. The third-order valence-corrected chi connectivity index (χ3v) is 16.9. The molecule has 386 valence electrons. The number of nitrogens with zero attached hydrogens (tertiary/aromatic N) is 4. The summed E-state index contributed by atoms with van der Waals surface area (Å²) >= 11 is 0. The molecule has 0 bridgehead atoms. The molecule has 12 aromatic rings. The second-order valence-corrected chi connectivity index (χ2v) is 21.8.